The second kappa shape index (κ2) is 11.4. The van der Waals surface area contributed by atoms with E-state index in [1.807, 2.05) is 36.7 Å². The zero-order valence-electron chi connectivity index (χ0n) is 26.8. The molecule has 0 aliphatic heterocycles. The smallest absolute Gasteiger partial charge is 0.0972 e. The molecule has 0 aliphatic rings. The maximum atomic E-state index is 5.07. The average Bonchev–Trinajstić information content (AvgIpc) is 3.19. The topological polar surface area (TPSA) is 64.5 Å². The van der Waals surface area contributed by atoms with Crippen molar-refractivity contribution in [2.24, 2.45) is 0 Å². The van der Waals surface area contributed by atoms with Crippen LogP contribution in [0.3, 0.4) is 0 Å². The number of benzene rings is 5. The van der Waals surface area contributed by atoms with Gasteiger partial charge in [0.05, 0.1) is 39.1 Å². The summed E-state index contributed by atoms with van der Waals surface area (Å²) in [6.07, 6.45) is 5.46. The van der Waals surface area contributed by atoms with Gasteiger partial charge in [0.1, 0.15) is 0 Å². The van der Waals surface area contributed by atoms with Crippen LogP contribution in [-0.2, 0) is 0 Å². The van der Waals surface area contributed by atoms with E-state index in [0.29, 0.717) is 0 Å². The molecule has 5 nitrogen and oxygen atoms in total. The standard InChI is InChI=1S/C45H27N5/c1-4-38(27-46-21-1)42-17-13-28-5-8-34(26-43(28)49-42)33-15-19-39-37(25-33)16-20-40(48-39)35-11-9-32-24-36(12-10-31(32)23-35)41-18-14-30-7-6-29-3-2-22-47-44(29)45(30)50-41/h1-27H. The molecule has 10 rings (SSSR count). The van der Waals surface area contributed by atoms with Crippen LogP contribution < -0.4 is 0 Å². The zero-order valence-corrected chi connectivity index (χ0v) is 26.8. The summed E-state index contributed by atoms with van der Waals surface area (Å²) in [6.45, 7) is 0. The first-order valence-corrected chi connectivity index (χ1v) is 16.6. The van der Waals surface area contributed by atoms with E-state index >= 15 is 0 Å². The van der Waals surface area contributed by atoms with Gasteiger partial charge in [-0.1, -0.05) is 78.9 Å². The van der Waals surface area contributed by atoms with Crippen LogP contribution in [0.2, 0.25) is 0 Å². The third-order valence-corrected chi connectivity index (χ3v) is 9.54. The zero-order chi connectivity index (χ0) is 33.0. The van der Waals surface area contributed by atoms with Crippen LogP contribution in [0.4, 0.5) is 0 Å². The number of hydrogen-bond donors (Lipinski definition) is 0. The van der Waals surface area contributed by atoms with Crippen molar-refractivity contribution in [1.29, 1.82) is 0 Å². The van der Waals surface area contributed by atoms with Crippen LogP contribution in [0, 0.1) is 0 Å². The average molecular weight is 638 g/mol. The van der Waals surface area contributed by atoms with Crippen LogP contribution in [0.5, 0.6) is 0 Å². The highest BCUT2D eigenvalue weighted by molar-refractivity contribution is 6.03. The Hall–Kier alpha value is -6.85. The number of pyridine rings is 5. The van der Waals surface area contributed by atoms with Gasteiger partial charge in [0.2, 0.25) is 0 Å². The van der Waals surface area contributed by atoms with E-state index < -0.39 is 0 Å². The summed E-state index contributed by atoms with van der Waals surface area (Å²) in [5, 5.41) is 6.71. The minimum absolute atomic E-state index is 0.917. The van der Waals surface area contributed by atoms with Gasteiger partial charge in [-0.25, -0.2) is 15.0 Å². The third kappa shape index (κ3) is 4.92. The summed E-state index contributed by atoms with van der Waals surface area (Å²) in [5.74, 6) is 0. The molecule has 0 saturated carbocycles. The summed E-state index contributed by atoms with van der Waals surface area (Å²) in [7, 11) is 0. The fourth-order valence-corrected chi connectivity index (χ4v) is 6.89. The molecule has 0 N–H and O–H groups in total. The second-order valence-corrected chi connectivity index (χ2v) is 12.6. The SMILES string of the molecule is c1cncc(-c2ccc3ccc(-c4ccc5nc(-c6ccc7cc(-c8ccc9ccc%10cccnc%10c9n8)ccc7c6)ccc5c4)cc3n2)c1. The van der Waals surface area contributed by atoms with Crippen LogP contribution >= 0.6 is 0 Å². The minimum Gasteiger partial charge on any atom is -0.264 e. The maximum absolute atomic E-state index is 5.07. The van der Waals surface area contributed by atoms with Crippen molar-refractivity contribution in [2.45, 2.75) is 0 Å². The molecule has 5 heteroatoms. The van der Waals surface area contributed by atoms with Crippen molar-refractivity contribution in [3.05, 3.63) is 164 Å². The predicted octanol–water partition coefficient (Wildman–Crippen LogP) is 11.1. The van der Waals surface area contributed by atoms with Crippen LogP contribution in [0.25, 0.3) is 99.3 Å². The Bertz CT molecular complexity index is 2940. The highest BCUT2D eigenvalue weighted by atomic mass is 14.8. The first kappa shape index (κ1) is 28.2. The van der Waals surface area contributed by atoms with Gasteiger partial charge in [0.25, 0.3) is 0 Å². The van der Waals surface area contributed by atoms with E-state index in [4.69, 9.17) is 15.0 Å². The lowest BCUT2D eigenvalue weighted by Crippen LogP contribution is -1.89. The Morgan fingerprint density at radius 2 is 0.880 bits per heavy atom. The molecule has 0 saturated heterocycles. The molecule has 0 unspecified atom stereocenters. The number of hydrogen-bond acceptors (Lipinski definition) is 5. The molecular weight excluding hydrogens is 611 g/mol. The number of fused-ring (bicyclic) bond motifs is 6. The van der Waals surface area contributed by atoms with Crippen LogP contribution in [0.15, 0.2) is 164 Å². The highest BCUT2D eigenvalue weighted by Gasteiger charge is 2.10. The van der Waals surface area contributed by atoms with Crippen molar-refractivity contribution in [3.8, 4) is 44.9 Å². The Morgan fingerprint density at radius 3 is 1.68 bits per heavy atom. The Balaban J connectivity index is 0.950. The number of nitrogens with zero attached hydrogens (tertiary/aromatic N) is 5. The van der Waals surface area contributed by atoms with Gasteiger partial charge in [0.15, 0.2) is 0 Å². The van der Waals surface area contributed by atoms with Crippen molar-refractivity contribution < 1.29 is 0 Å². The fourth-order valence-electron chi connectivity index (χ4n) is 6.89. The fraction of sp³-hybridized carbons (Fsp3) is 0. The molecule has 0 amide bonds. The van der Waals surface area contributed by atoms with E-state index in [9.17, 15) is 0 Å². The van der Waals surface area contributed by atoms with E-state index in [1.165, 1.54) is 0 Å². The molecule has 0 fully saturated rings. The molecule has 0 radical (unpaired) electrons. The summed E-state index contributed by atoms with van der Waals surface area (Å²) < 4.78 is 0. The lowest BCUT2D eigenvalue weighted by molar-refractivity contribution is 1.30. The monoisotopic (exact) mass is 637 g/mol. The first-order valence-electron chi connectivity index (χ1n) is 16.6. The Morgan fingerprint density at radius 1 is 0.320 bits per heavy atom. The van der Waals surface area contributed by atoms with E-state index in [-0.39, 0.29) is 0 Å². The molecule has 0 spiro atoms. The second-order valence-electron chi connectivity index (χ2n) is 12.6. The van der Waals surface area contributed by atoms with Gasteiger partial charge in [-0.3, -0.25) is 9.97 Å². The minimum atomic E-state index is 0.917. The molecule has 5 aromatic carbocycles. The molecule has 232 valence electrons. The highest BCUT2D eigenvalue weighted by Crippen LogP contribution is 2.32. The first-order chi connectivity index (χ1) is 24.7. The Kier molecular flexibility index (Phi) is 6.42. The maximum Gasteiger partial charge on any atom is 0.0972 e. The van der Waals surface area contributed by atoms with Crippen molar-refractivity contribution in [1.82, 2.24) is 24.9 Å². The van der Waals surface area contributed by atoms with Crippen LogP contribution in [-0.4, -0.2) is 24.9 Å². The van der Waals surface area contributed by atoms with Gasteiger partial charge in [-0.05, 0) is 88.6 Å². The summed E-state index contributed by atoms with van der Waals surface area (Å²) in [6, 6.07) is 50.9. The molecule has 10 aromatic rings. The van der Waals surface area contributed by atoms with E-state index in [0.717, 1.165) is 99.3 Å². The van der Waals surface area contributed by atoms with Gasteiger partial charge in [0, 0.05) is 56.8 Å². The van der Waals surface area contributed by atoms with Crippen molar-refractivity contribution in [2.75, 3.05) is 0 Å². The molecular formula is C45H27N5. The number of aromatic nitrogens is 5. The molecule has 0 aliphatic carbocycles. The summed E-state index contributed by atoms with van der Waals surface area (Å²) >= 11 is 0. The van der Waals surface area contributed by atoms with Crippen LogP contribution in [0.1, 0.15) is 0 Å². The molecule has 50 heavy (non-hydrogen) atoms. The predicted molar refractivity (Wildman–Crippen MR) is 205 cm³/mol. The molecule has 5 heterocycles. The molecule has 5 aromatic heterocycles. The summed E-state index contributed by atoms with van der Waals surface area (Å²) in [4.78, 5) is 23.9. The largest absolute Gasteiger partial charge is 0.264 e. The lowest BCUT2D eigenvalue weighted by Gasteiger charge is -2.09. The van der Waals surface area contributed by atoms with E-state index in [1.54, 1.807) is 6.20 Å². The Labute approximate surface area is 287 Å². The number of rotatable bonds is 4. The van der Waals surface area contributed by atoms with Gasteiger partial charge in [-0.2, -0.15) is 0 Å². The quantitative estimate of drug-likeness (QED) is 0.180. The molecule has 0 atom stereocenters. The molecule has 0 bridgehead atoms. The lowest BCUT2D eigenvalue weighted by atomic mass is 9.99. The van der Waals surface area contributed by atoms with Crippen molar-refractivity contribution >= 4 is 54.4 Å². The van der Waals surface area contributed by atoms with Crippen molar-refractivity contribution in [3.63, 3.8) is 0 Å². The van der Waals surface area contributed by atoms with Gasteiger partial charge in [-0.15, -0.1) is 0 Å². The van der Waals surface area contributed by atoms with Gasteiger partial charge < -0.3 is 0 Å². The normalized spacial score (nSPS) is 11.6. The van der Waals surface area contributed by atoms with E-state index in [2.05, 4.69) is 131 Å². The van der Waals surface area contributed by atoms with Gasteiger partial charge >= 0.3 is 0 Å². The summed E-state index contributed by atoms with van der Waals surface area (Å²) in [5.41, 5.74) is 12.0. The third-order valence-electron chi connectivity index (χ3n) is 9.54.